The molecule has 11 heteroatoms. The number of hydrogen-bond acceptors (Lipinski definition) is 7. The summed E-state index contributed by atoms with van der Waals surface area (Å²) in [5, 5.41) is 12.3. The first-order chi connectivity index (χ1) is 14.6. The van der Waals surface area contributed by atoms with Gasteiger partial charge in [-0.1, -0.05) is 0 Å². The predicted molar refractivity (Wildman–Crippen MR) is 105 cm³/mol. The number of nitrogens with zero attached hydrogens (tertiary/aromatic N) is 6. The molecule has 1 N–H and O–H groups in total. The van der Waals surface area contributed by atoms with E-state index in [4.69, 9.17) is 4.74 Å². The normalized spacial score (nSPS) is 14.6. The number of ether oxygens (including phenoxy) is 1. The van der Waals surface area contributed by atoms with Crippen molar-refractivity contribution in [3.63, 3.8) is 0 Å². The zero-order chi connectivity index (χ0) is 20.9. The fourth-order valence-corrected chi connectivity index (χ4v) is 3.29. The van der Waals surface area contributed by atoms with Crippen molar-refractivity contribution in [3.05, 3.63) is 63.7 Å². The molecule has 30 heavy (non-hydrogen) atoms. The van der Waals surface area contributed by atoms with Crippen LogP contribution in [0.5, 0.6) is 5.88 Å². The number of amides is 1. The van der Waals surface area contributed by atoms with Gasteiger partial charge in [0.15, 0.2) is 5.82 Å². The molecular weight excluding hydrogens is 390 g/mol. The number of aromatic amines is 1. The summed E-state index contributed by atoms with van der Waals surface area (Å²) in [6, 6.07) is 6.61. The second kappa shape index (κ2) is 8.72. The van der Waals surface area contributed by atoms with Gasteiger partial charge >= 0.3 is 5.69 Å². The molecule has 1 aliphatic rings. The molecular formula is C19H21N7O4. The number of carbonyl (C=O) groups is 1. The molecule has 11 nitrogen and oxygen atoms in total. The molecule has 3 aromatic heterocycles. The predicted octanol–water partition coefficient (Wildman–Crippen LogP) is -0.0276. The number of hydrogen-bond donors (Lipinski definition) is 1. The molecule has 1 amide bonds. The van der Waals surface area contributed by atoms with Crippen molar-refractivity contribution in [2.45, 2.75) is 31.9 Å². The summed E-state index contributed by atoms with van der Waals surface area (Å²) in [5.74, 6) is 1.01. The van der Waals surface area contributed by atoms with Crippen LogP contribution < -0.4 is 16.0 Å². The van der Waals surface area contributed by atoms with Crippen LogP contribution in [0.1, 0.15) is 19.3 Å². The van der Waals surface area contributed by atoms with E-state index >= 15 is 0 Å². The van der Waals surface area contributed by atoms with E-state index in [-0.39, 0.29) is 25.0 Å². The van der Waals surface area contributed by atoms with E-state index in [1.54, 1.807) is 40.2 Å². The molecule has 0 bridgehead atoms. The first-order valence-electron chi connectivity index (χ1n) is 9.66. The van der Waals surface area contributed by atoms with Crippen molar-refractivity contribution in [2.75, 3.05) is 13.1 Å². The molecule has 0 radical (unpaired) electrons. The van der Waals surface area contributed by atoms with E-state index in [2.05, 4.69) is 20.3 Å². The zero-order valence-electron chi connectivity index (χ0n) is 16.2. The Morgan fingerprint density at radius 1 is 1.13 bits per heavy atom. The Balaban J connectivity index is 1.24. The largest absolute Gasteiger partial charge is 0.473 e. The molecule has 156 valence electrons. The maximum absolute atomic E-state index is 12.4. The number of aromatic nitrogens is 6. The standard InChI is InChI=1S/C19H21N7O4/c27-16-6-12-25(19(29)21-16)13-7-18(28)24-10-4-14(5-11-24)30-17-3-2-15(22-23-17)26-9-1-8-20-26/h1-3,6,8-9,12,14H,4-5,7,10-11,13H2,(H,21,27,29). The fourth-order valence-electron chi connectivity index (χ4n) is 3.29. The van der Waals surface area contributed by atoms with Crippen molar-refractivity contribution in [1.82, 2.24) is 34.4 Å². The Bertz CT molecular complexity index is 1100. The molecule has 4 heterocycles. The SMILES string of the molecule is O=C(CCn1ccc(=O)[nH]c1=O)N1CCC(Oc2ccc(-n3cccn3)nn2)CC1. The average molecular weight is 411 g/mol. The zero-order valence-corrected chi connectivity index (χ0v) is 16.2. The van der Waals surface area contributed by atoms with Crippen molar-refractivity contribution >= 4 is 5.91 Å². The lowest BCUT2D eigenvalue weighted by Crippen LogP contribution is -2.42. The van der Waals surface area contributed by atoms with Crippen molar-refractivity contribution in [3.8, 4) is 11.7 Å². The number of piperidine rings is 1. The molecule has 1 aliphatic heterocycles. The Morgan fingerprint density at radius 3 is 2.63 bits per heavy atom. The highest BCUT2D eigenvalue weighted by molar-refractivity contribution is 5.76. The topological polar surface area (TPSA) is 128 Å². The number of rotatable bonds is 6. The summed E-state index contributed by atoms with van der Waals surface area (Å²) >= 11 is 0. The first kappa shape index (κ1) is 19.6. The third-order valence-electron chi connectivity index (χ3n) is 4.91. The van der Waals surface area contributed by atoms with Gasteiger partial charge in [0.25, 0.3) is 5.56 Å². The smallest absolute Gasteiger partial charge is 0.328 e. The number of aryl methyl sites for hydroxylation is 1. The molecule has 3 aromatic rings. The Labute approximate surface area is 170 Å². The van der Waals surface area contributed by atoms with Gasteiger partial charge in [-0.2, -0.15) is 5.10 Å². The number of H-pyrrole nitrogens is 1. The molecule has 0 atom stereocenters. The van der Waals surface area contributed by atoms with Crippen LogP contribution in [0.25, 0.3) is 5.82 Å². The third kappa shape index (κ3) is 4.62. The van der Waals surface area contributed by atoms with E-state index in [0.717, 1.165) is 0 Å². The fraction of sp³-hybridized carbons (Fsp3) is 0.368. The lowest BCUT2D eigenvalue weighted by Gasteiger charge is -2.32. The highest BCUT2D eigenvalue weighted by atomic mass is 16.5. The van der Waals surface area contributed by atoms with E-state index < -0.39 is 11.2 Å². The minimum Gasteiger partial charge on any atom is -0.473 e. The summed E-state index contributed by atoms with van der Waals surface area (Å²) in [6.45, 7) is 1.37. The molecule has 0 saturated carbocycles. The van der Waals surface area contributed by atoms with Crippen LogP contribution >= 0.6 is 0 Å². The highest BCUT2D eigenvalue weighted by Crippen LogP contribution is 2.18. The molecule has 0 aliphatic carbocycles. The van der Waals surface area contributed by atoms with E-state index in [9.17, 15) is 14.4 Å². The molecule has 0 unspecified atom stereocenters. The molecule has 0 spiro atoms. The Morgan fingerprint density at radius 2 is 1.97 bits per heavy atom. The van der Waals surface area contributed by atoms with E-state index in [0.29, 0.717) is 37.6 Å². The number of carbonyl (C=O) groups excluding carboxylic acids is 1. The van der Waals surface area contributed by atoms with Crippen LogP contribution in [0.3, 0.4) is 0 Å². The maximum atomic E-state index is 12.4. The first-order valence-corrected chi connectivity index (χ1v) is 9.66. The van der Waals surface area contributed by atoms with Crippen molar-refractivity contribution < 1.29 is 9.53 Å². The lowest BCUT2D eigenvalue weighted by molar-refractivity contribution is -0.133. The van der Waals surface area contributed by atoms with Crippen LogP contribution in [-0.4, -0.2) is 59.5 Å². The van der Waals surface area contributed by atoms with E-state index in [1.165, 1.54) is 16.8 Å². The molecule has 4 rings (SSSR count). The van der Waals surface area contributed by atoms with Crippen molar-refractivity contribution in [1.29, 1.82) is 0 Å². The van der Waals surface area contributed by atoms with Crippen LogP contribution in [0, 0.1) is 0 Å². The van der Waals surface area contributed by atoms with Gasteiger partial charge in [0.2, 0.25) is 11.8 Å². The maximum Gasteiger partial charge on any atom is 0.328 e. The second-order valence-electron chi connectivity index (χ2n) is 6.93. The lowest BCUT2D eigenvalue weighted by atomic mass is 10.1. The van der Waals surface area contributed by atoms with Gasteiger partial charge in [0.1, 0.15) is 6.10 Å². The van der Waals surface area contributed by atoms with Crippen LogP contribution in [0.15, 0.2) is 52.4 Å². The average Bonchev–Trinajstić information content (AvgIpc) is 3.29. The van der Waals surface area contributed by atoms with Gasteiger partial charge in [0, 0.05) is 69.6 Å². The Kier molecular flexibility index (Phi) is 5.68. The summed E-state index contributed by atoms with van der Waals surface area (Å²) in [7, 11) is 0. The van der Waals surface area contributed by atoms with Gasteiger partial charge < -0.3 is 14.2 Å². The monoisotopic (exact) mass is 411 g/mol. The minimum absolute atomic E-state index is 0.0325. The molecule has 1 fully saturated rings. The third-order valence-corrected chi connectivity index (χ3v) is 4.91. The van der Waals surface area contributed by atoms with Crippen LogP contribution in [-0.2, 0) is 11.3 Å². The van der Waals surface area contributed by atoms with Crippen LogP contribution in [0.2, 0.25) is 0 Å². The van der Waals surface area contributed by atoms with Gasteiger partial charge in [-0.15, -0.1) is 10.2 Å². The quantitative estimate of drug-likeness (QED) is 0.603. The molecule has 0 aromatic carbocycles. The van der Waals surface area contributed by atoms with Crippen molar-refractivity contribution in [2.24, 2.45) is 0 Å². The number of likely N-dealkylation sites (tertiary alicyclic amines) is 1. The van der Waals surface area contributed by atoms with E-state index in [1.807, 2.05) is 0 Å². The second-order valence-corrected chi connectivity index (χ2v) is 6.93. The number of nitrogens with one attached hydrogen (secondary N) is 1. The van der Waals surface area contributed by atoms with Gasteiger partial charge in [0.05, 0.1) is 0 Å². The minimum atomic E-state index is -0.512. The summed E-state index contributed by atoms with van der Waals surface area (Å²) < 4.78 is 8.82. The Hall–Kier alpha value is -3.76. The summed E-state index contributed by atoms with van der Waals surface area (Å²) in [5.41, 5.74) is -0.965. The van der Waals surface area contributed by atoms with Gasteiger partial charge in [-0.05, 0) is 12.1 Å². The summed E-state index contributed by atoms with van der Waals surface area (Å²) in [6.07, 6.45) is 6.37. The molecule has 1 saturated heterocycles. The van der Waals surface area contributed by atoms with Crippen LogP contribution in [0.4, 0.5) is 0 Å². The highest BCUT2D eigenvalue weighted by Gasteiger charge is 2.24. The van der Waals surface area contributed by atoms with Gasteiger partial charge in [-0.3, -0.25) is 14.6 Å². The summed E-state index contributed by atoms with van der Waals surface area (Å²) in [4.78, 5) is 39.2. The van der Waals surface area contributed by atoms with Gasteiger partial charge in [-0.25, -0.2) is 9.48 Å².